The van der Waals surface area contributed by atoms with Crippen molar-refractivity contribution in [3.05, 3.63) is 24.3 Å². The monoisotopic (exact) mass is 293 g/mol. The molecule has 0 saturated heterocycles. The van der Waals surface area contributed by atoms with Gasteiger partial charge < -0.3 is 10.1 Å². The molecule has 108 valence electrons. The number of amides is 1. The van der Waals surface area contributed by atoms with Crippen molar-refractivity contribution in [1.82, 2.24) is 0 Å². The van der Waals surface area contributed by atoms with Crippen LogP contribution in [0, 0.1) is 0 Å². The molecule has 1 aliphatic rings. The zero-order valence-electron chi connectivity index (χ0n) is 11.6. The summed E-state index contributed by atoms with van der Waals surface area (Å²) in [5, 5.41) is 3.42. The number of carbonyl (C=O) groups is 2. The Kier molecular flexibility index (Phi) is 5.47. The van der Waals surface area contributed by atoms with E-state index in [-0.39, 0.29) is 12.3 Å². The van der Waals surface area contributed by atoms with Crippen LogP contribution in [-0.4, -0.2) is 24.2 Å². The molecule has 1 N–H and O–H groups in total. The molecule has 1 amide bonds. The predicted molar refractivity (Wildman–Crippen MR) is 79.8 cm³/mol. The molecule has 20 heavy (non-hydrogen) atoms. The van der Waals surface area contributed by atoms with Crippen LogP contribution in [0.4, 0.5) is 5.69 Å². The molecule has 4 nitrogen and oxygen atoms in total. The number of rotatable bonds is 5. The van der Waals surface area contributed by atoms with Gasteiger partial charge in [0.1, 0.15) is 6.42 Å². The molecule has 0 spiro atoms. The zero-order chi connectivity index (χ0) is 14.4. The van der Waals surface area contributed by atoms with Crippen molar-refractivity contribution in [2.75, 3.05) is 12.4 Å². The van der Waals surface area contributed by atoms with Crippen LogP contribution in [0.15, 0.2) is 29.2 Å². The van der Waals surface area contributed by atoms with E-state index < -0.39 is 5.97 Å². The van der Waals surface area contributed by atoms with Crippen molar-refractivity contribution in [2.24, 2.45) is 0 Å². The highest BCUT2D eigenvalue weighted by Gasteiger charge is 2.18. The fourth-order valence-electron chi connectivity index (χ4n) is 2.26. The normalized spacial score (nSPS) is 15.1. The first-order valence-electron chi connectivity index (χ1n) is 6.81. The molecule has 2 rings (SSSR count). The average Bonchev–Trinajstić information content (AvgIpc) is 2.93. The molecule has 1 aliphatic carbocycles. The number of thioether (sulfide) groups is 1. The summed E-state index contributed by atoms with van der Waals surface area (Å²) >= 11 is 1.81. The van der Waals surface area contributed by atoms with E-state index in [9.17, 15) is 9.59 Å². The van der Waals surface area contributed by atoms with Crippen LogP contribution in [-0.2, 0) is 14.3 Å². The van der Waals surface area contributed by atoms with Crippen molar-refractivity contribution in [3.8, 4) is 0 Å². The Hall–Kier alpha value is -1.49. The lowest BCUT2D eigenvalue weighted by molar-refractivity contribution is -0.142. The number of anilines is 1. The summed E-state index contributed by atoms with van der Waals surface area (Å²) < 4.78 is 4.49. The third-order valence-electron chi connectivity index (χ3n) is 3.29. The summed E-state index contributed by atoms with van der Waals surface area (Å²) in [7, 11) is 1.28. The minimum atomic E-state index is -0.525. The van der Waals surface area contributed by atoms with E-state index in [2.05, 4.69) is 10.1 Å². The maximum absolute atomic E-state index is 11.7. The van der Waals surface area contributed by atoms with Crippen LogP contribution < -0.4 is 5.32 Å². The van der Waals surface area contributed by atoms with Gasteiger partial charge in [0.2, 0.25) is 5.91 Å². The quantitative estimate of drug-likeness (QED) is 0.669. The van der Waals surface area contributed by atoms with Gasteiger partial charge in [-0.2, -0.15) is 0 Å². The molecule has 1 aromatic rings. The molecule has 1 fully saturated rings. The second-order valence-electron chi connectivity index (χ2n) is 4.82. The molecule has 0 bridgehead atoms. The van der Waals surface area contributed by atoms with Gasteiger partial charge in [0.25, 0.3) is 0 Å². The Morgan fingerprint density at radius 3 is 2.70 bits per heavy atom. The van der Waals surface area contributed by atoms with Crippen molar-refractivity contribution in [2.45, 2.75) is 42.2 Å². The Morgan fingerprint density at radius 2 is 2.00 bits per heavy atom. The van der Waals surface area contributed by atoms with Crippen LogP contribution in [0.5, 0.6) is 0 Å². The first-order valence-corrected chi connectivity index (χ1v) is 7.69. The topological polar surface area (TPSA) is 55.4 Å². The largest absolute Gasteiger partial charge is 0.469 e. The average molecular weight is 293 g/mol. The van der Waals surface area contributed by atoms with E-state index in [1.807, 2.05) is 36.0 Å². The molecular weight excluding hydrogens is 274 g/mol. The Bertz CT molecular complexity index is 484. The highest BCUT2D eigenvalue weighted by molar-refractivity contribution is 8.00. The fraction of sp³-hybridized carbons (Fsp3) is 0.467. The molecule has 1 saturated carbocycles. The molecule has 0 aliphatic heterocycles. The van der Waals surface area contributed by atoms with Gasteiger partial charge in [0.15, 0.2) is 0 Å². The molecule has 0 aromatic heterocycles. The smallest absolute Gasteiger partial charge is 0.315 e. The number of ether oxygens (including phenoxy) is 1. The SMILES string of the molecule is COC(=O)CC(=O)Nc1ccccc1SC1CCCC1. The third-order valence-corrected chi connectivity index (χ3v) is 4.70. The molecule has 0 unspecified atom stereocenters. The third kappa shape index (κ3) is 4.27. The molecule has 0 radical (unpaired) electrons. The lowest BCUT2D eigenvalue weighted by atomic mass is 10.3. The Balaban J connectivity index is 1.99. The van der Waals surface area contributed by atoms with Crippen LogP contribution in [0.3, 0.4) is 0 Å². The van der Waals surface area contributed by atoms with Gasteiger partial charge in [-0.25, -0.2) is 0 Å². The maximum Gasteiger partial charge on any atom is 0.315 e. The van der Waals surface area contributed by atoms with E-state index in [1.54, 1.807) is 0 Å². The number of hydrogen-bond acceptors (Lipinski definition) is 4. The van der Waals surface area contributed by atoms with Gasteiger partial charge in [-0.05, 0) is 25.0 Å². The van der Waals surface area contributed by atoms with Crippen LogP contribution >= 0.6 is 11.8 Å². The van der Waals surface area contributed by atoms with Gasteiger partial charge in [0, 0.05) is 10.1 Å². The summed E-state index contributed by atoms with van der Waals surface area (Å²) in [4.78, 5) is 23.9. The first kappa shape index (κ1) is 14.9. The van der Waals surface area contributed by atoms with Crippen molar-refractivity contribution >= 4 is 29.3 Å². The molecule has 0 atom stereocenters. The number of benzene rings is 1. The number of esters is 1. The van der Waals surface area contributed by atoms with Crippen molar-refractivity contribution < 1.29 is 14.3 Å². The molecule has 5 heteroatoms. The summed E-state index contributed by atoms with van der Waals surface area (Å²) in [6, 6.07) is 7.73. The standard InChI is InChI=1S/C15H19NO3S/c1-19-15(18)10-14(17)16-12-8-4-5-9-13(12)20-11-6-2-3-7-11/h4-5,8-9,11H,2-3,6-7,10H2,1H3,(H,16,17). The number of nitrogens with one attached hydrogen (secondary N) is 1. The lowest BCUT2D eigenvalue weighted by Crippen LogP contribution is -2.17. The van der Waals surface area contributed by atoms with E-state index in [0.717, 1.165) is 10.6 Å². The van der Waals surface area contributed by atoms with E-state index in [0.29, 0.717) is 5.25 Å². The number of carbonyl (C=O) groups excluding carboxylic acids is 2. The van der Waals surface area contributed by atoms with E-state index in [1.165, 1.54) is 32.8 Å². The van der Waals surface area contributed by atoms with Gasteiger partial charge in [-0.3, -0.25) is 9.59 Å². The van der Waals surface area contributed by atoms with Crippen LogP contribution in [0.25, 0.3) is 0 Å². The molecule has 0 heterocycles. The first-order chi connectivity index (χ1) is 9.69. The van der Waals surface area contributed by atoms with Crippen molar-refractivity contribution in [1.29, 1.82) is 0 Å². The van der Waals surface area contributed by atoms with Gasteiger partial charge in [-0.1, -0.05) is 25.0 Å². The minimum Gasteiger partial charge on any atom is -0.469 e. The zero-order valence-corrected chi connectivity index (χ0v) is 12.4. The highest BCUT2D eigenvalue weighted by atomic mass is 32.2. The fourth-order valence-corrected chi connectivity index (χ4v) is 3.59. The highest BCUT2D eigenvalue weighted by Crippen LogP contribution is 2.37. The minimum absolute atomic E-state index is 0.251. The summed E-state index contributed by atoms with van der Waals surface area (Å²) in [6.45, 7) is 0. The van der Waals surface area contributed by atoms with Gasteiger partial charge in [-0.15, -0.1) is 11.8 Å². The second kappa shape index (κ2) is 7.33. The Morgan fingerprint density at radius 1 is 1.30 bits per heavy atom. The summed E-state index contributed by atoms with van der Waals surface area (Å²) in [6.07, 6.45) is 4.78. The maximum atomic E-state index is 11.7. The number of methoxy groups -OCH3 is 1. The molecule has 1 aromatic carbocycles. The Labute approximate surface area is 123 Å². The van der Waals surface area contributed by atoms with Crippen LogP contribution in [0.2, 0.25) is 0 Å². The van der Waals surface area contributed by atoms with Crippen molar-refractivity contribution in [3.63, 3.8) is 0 Å². The summed E-state index contributed by atoms with van der Waals surface area (Å²) in [5.41, 5.74) is 0.776. The number of hydrogen-bond donors (Lipinski definition) is 1. The van der Waals surface area contributed by atoms with Gasteiger partial charge in [0.05, 0.1) is 12.8 Å². The number of para-hydroxylation sites is 1. The lowest BCUT2D eigenvalue weighted by Gasteiger charge is -2.13. The molecular formula is C15H19NO3S. The second-order valence-corrected chi connectivity index (χ2v) is 6.16. The summed E-state index contributed by atoms with van der Waals surface area (Å²) in [5.74, 6) is -0.861. The predicted octanol–water partition coefficient (Wildman–Crippen LogP) is 3.22. The van der Waals surface area contributed by atoms with E-state index in [4.69, 9.17) is 0 Å². The van der Waals surface area contributed by atoms with Crippen LogP contribution in [0.1, 0.15) is 32.1 Å². The van der Waals surface area contributed by atoms with E-state index >= 15 is 0 Å². The van der Waals surface area contributed by atoms with Gasteiger partial charge >= 0.3 is 5.97 Å².